The molecule has 3 aromatic rings. The molecule has 1 aromatic heterocycles. The third kappa shape index (κ3) is 3.10. The van der Waals surface area contributed by atoms with Gasteiger partial charge in [-0.15, -0.1) is 0 Å². The zero-order valence-electron chi connectivity index (χ0n) is 15.2. The highest BCUT2D eigenvalue weighted by molar-refractivity contribution is 5.81. The quantitative estimate of drug-likeness (QED) is 0.731. The molecule has 0 radical (unpaired) electrons. The van der Waals surface area contributed by atoms with Gasteiger partial charge in [0, 0.05) is 17.7 Å². The molecule has 1 amide bonds. The molecular formula is C21H20N4O3. The third-order valence-electron chi connectivity index (χ3n) is 5.03. The highest BCUT2D eigenvalue weighted by Crippen LogP contribution is 2.37. The number of aromatic nitrogens is 2. The van der Waals surface area contributed by atoms with Gasteiger partial charge in [-0.1, -0.05) is 30.3 Å². The van der Waals surface area contributed by atoms with Crippen LogP contribution in [0.3, 0.4) is 0 Å². The van der Waals surface area contributed by atoms with E-state index < -0.39 is 0 Å². The number of nitrogens with one attached hydrogen (secondary N) is 2. The molecule has 7 nitrogen and oxygen atoms in total. The lowest BCUT2D eigenvalue weighted by Crippen LogP contribution is -2.27. The summed E-state index contributed by atoms with van der Waals surface area (Å²) in [6.45, 7) is 2.13. The number of carbonyl (C=O) groups excluding carboxylic acids is 1. The molecule has 1 atom stereocenters. The Bertz CT molecular complexity index is 1000. The fourth-order valence-corrected chi connectivity index (χ4v) is 3.74. The first-order valence-corrected chi connectivity index (χ1v) is 9.28. The van der Waals surface area contributed by atoms with Crippen molar-refractivity contribution in [2.24, 2.45) is 0 Å². The minimum Gasteiger partial charge on any atom is -0.486 e. The highest BCUT2D eigenvalue weighted by atomic mass is 16.6. The number of hydrogen-bond donors (Lipinski definition) is 2. The van der Waals surface area contributed by atoms with Crippen LogP contribution in [0.4, 0.5) is 0 Å². The van der Waals surface area contributed by atoms with Crippen LogP contribution >= 0.6 is 0 Å². The van der Waals surface area contributed by atoms with Gasteiger partial charge in [-0.3, -0.25) is 14.8 Å². The number of benzene rings is 2. The van der Waals surface area contributed by atoms with Crippen LogP contribution in [-0.4, -0.2) is 40.8 Å². The molecule has 28 heavy (non-hydrogen) atoms. The Labute approximate surface area is 162 Å². The van der Waals surface area contributed by atoms with Crippen LogP contribution in [-0.2, 0) is 11.3 Å². The number of ether oxygens (including phenoxy) is 2. The predicted molar refractivity (Wildman–Crippen MR) is 103 cm³/mol. The second-order valence-electron chi connectivity index (χ2n) is 6.92. The molecule has 0 aliphatic carbocycles. The molecule has 5 rings (SSSR count). The second kappa shape index (κ2) is 7.01. The van der Waals surface area contributed by atoms with Crippen molar-refractivity contribution in [3.05, 3.63) is 65.9 Å². The Kier molecular flexibility index (Phi) is 4.21. The van der Waals surface area contributed by atoms with Crippen molar-refractivity contribution in [2.45, 2.75) is 12.7 Å². The van der Waals surface area contributed by atoms with E-state index in [9.17, 15) is 4.79 Å². The second-order valence-corrected chi connectivity index (χ2v) is 6.92. The molecule has 3 heterocycles. The molecule has 142 valence electrons. The standard InChI is InChI=1S/C21H20N4O3/c26-19-13-25(12-14-4-2-1-3-5-14)21(23-19)16-11-22-24-20(16)15-6-7-17-18(10-15)28-9-8-27-17/h1-7,10-11,21H,8-9,12-13H2,(H,22,24)(H,23,26)/t21-/m1/s1. The molecule has 2 aromatic carbocycles. The SMILES string of the molecule is O=C1CN(Cc2ccccc2)[C@H](c2cn[nH]c2-c2ccc3c(c2)OCCO3)N1. The van der Waals surface area contributed by atoms with Gasteiger partial charge in [-0.25, -0.2) is 0 Å². The molecule has 2 N–H and O–H groups in total. The number of rotatable bonds is 4. The number of carbonyl (C=O) groups is 1. The number of aromatic amines is 1. The van der Waals surface area contributed by atoms with E-state index in [0.29, 0.717) is 26.3 Å². The van der Waals surface area contributed by atoms with E-state index in [1.807, 2.05) is 36.4 Å². The number of nitrogens with zero attached hydrogens (tertiary/aromatic N) is 2. The molecular weight excluding hydrogens is 356 g/mol. The van der Waals surface area contributed by atoms with E-state index in [1.54, 1.807) is 6.20 Å². The average Bonchev–Trinajstić information content (AvgIpc) is 3.35. The Morgan fingerprint density at radius 2 is 1.89 bits per heavy atom. The van der Waals surface area contributed by atoms with Crippen LogP contribution in [0, 0.1) is 0 Å². The lowest BCUT2D eigenvalue weighted by molar-refractivity contribution is -0.118. The monoisotopic (exact) mass is 376 g/mol. The van der Waals surface area contributed by atoms with Gasteiger partial charge in [-0.05, 0) is 23.8 Å². The molecule has 1 saturated heterocycles. The summed E-state index contributed by atoms with van der Waals surface area (Å²) in [5.74, 6) is 1.48. The molecule has 2 aliphatic heterocycles. The van der Waals surface area contributed by atoms with Crippen LogP contribution < -0.4 is 14.8 Å². The molecule has 1 fully saturated rings. The number of hydrogen-bond acceptors (Lipinski definition) is 5. The van der Waals surface area contributed by atoms with Gasteiger partial charge in [0.05, 0.1) is 18.4 Å². The van der Waals surface area contributed by atoms with E-state index in [0.717, 1.165) is 33.9 Å². The van der Waals surface area contributed by atoms with Gasteiger partial charge >= 0.3 is 0 Å². The van der Waals surface area contributed by atoms with Crippen LogP contribution in [0.1, 0.15) is 17.3 Å². The van der Waals surface area contributed by atoms with Gasteiger partial charge in [0.1, 0.15) is 19.4 Å². The fourth-order valence-electron chi connectivity index (χ4n) is 3.74. The van der Waals surface area contributed by atoms with Gasteiger partial charge in [0.15, 0.2) is 11.5 Å². The summed E-state index contributed by atoms with van der Waals surface area (Å²) in [6.07, 6.45) is 1.54. The number of fused-ring (bicyclic) bond motifs is 1. The summed E-state index contributed by atoms with van der Waals surface area (Å²) in [5, 5.41) is 10.4. The summed E-state index contributed by atoms with van der Waals surface area (Å²) in [4.78, 5) is 14.3. The largest absolute Gasteiger partial charge is 0.486 e. The van der Waals surface area contributed by atoms with Gasteiger partial charge in [0.25, 0.3) is 0 Å². The van der Waals surface area contributed by atoms with Crippen LogP contribution in [0.15, 0.2) is 54.7 Å². The molecule has 0 unspecified atom stereocenters. The first-order chi connectivity index (χ1) is 13.8. The maximum atomic E-state index is 12.2. The average molecular weight is 376 g/mol. The Morgan fingerprint density at radius 1 is 1.07 bits per heavy atom. The van der Waals surface area contributed by atoms with Crippen molar-refractivity contribution in [2.75, 3.05) is 19.8 Å². The van der Waals surface area contributed by atoms with Crippen molar-refractivity contribution in [1.29, 1.82) is 0 Å². The van der Waals surface area contributed by atoms with Gasteiger partial charge in [-0.2, -0.15) is 5.10 Å². The normalized spacial score (nSPS) is 18.9. The predicted octanol–water partition coefficient (Wildman–Crippen LogP) is 2.48. The smallest absolute Gasteiger partial charge is 0.235 e. The van der Waals surface area contributed by atoms with E-state index in [-0.39, 0.29) is 12.1 Å². The van der Waals surface area contributed by atoms with E-state index in [1.165, 1.54) is 0 Å². The third-order valence-corrected chi connectivity index (χ3v) is 5.03. The highest BCUT2D eigenvalue weighted by Gasteiger charge is 2.33. The molecule has 0 spiro atoms. The summed E-state index contributed by atoms with van der Waals surface area (Å²) >= 11 is 0. The molecule has 0 bridgehead atoms. The topological polar surface area (TPSA) is 79.5 Å². The summed E-state index contributed by atoms with van der Waals surface area (Å²) in [5.41, 5.74) is 3.90. The van der Waals surface area contributed by atoms with E-state index in [2.05, 4.69) is 32.5 Å². The van der Waals surface area contributed by atoms with Crippen molar-refractivity contribution >= 4 is 5.91 Å². The lowest BCUT2D eigenvalue weighted by Gasteiger charge is -2.24. The first kappa shape index (κ1) is 16.8. The molecule has 2 aliphatic rings. The first-order valence-electron chi connectivity index (χ1n) is 9.28. The lowest BCUT2D eigenvalue weighted by atomic mass is 10.0. The Morgan fingerprint density at radius 3 is 2.75 bits per heavy atom. The molecule has 0 saturated carbocycles. The maximum absolute atomic E-state index is 12.2. The van der Waals surface area contributed by atoms with Crippen molar-refractivity contribution in [1.82, 2.24) is 20.4 Å². The zero-order valence-corrected chi connectivity index (χ0v) is 15.2. The zero-order chi connectivity index (χ0) is 18.9. The Hall–Kier alpha value is -3.32. The van der Waals surface area contributed by atoms with Crippen molar-refractivity contribution in [3.8, 4) is 22.8 Å². The van der Waals surface area contributed by atoms with E-state index >= 15 is 0 Å². The Balaban J connectivity index is 1.47. The summed E-state index contributed by atoms with van der Waals surface area (Å²) in [6, 6.07) is 16.0. The van der Waals surface area contributed by atoms with Crippen LogP contribution in [0.25, 0.3) is 11.3 Å². The summed E-state index contributed by atoms with van der Waals surface area (Å²) < 4.78 is 11.3. The minimum absolute atomic E-state index is 0.00950. The maximum Gasteiger partial charge on any atom is 0.235 e. The number of amides is 1. The molecule has 7 heteroatoms. The van der Waals surface area contributed by atoms with Crippen molar-refractivity contribution in [3.63, 3.8) is 0 Å². The van der Waals surface area contributed by atoms with Crippen LogP contribution in [0.2, 0.25) is 0 Å². The van der Waals surface area contributed by atoms with Gasteiger partial charge < -0.3 is 14.8 Å². The number of H-pyrrole nitrogens is 1. The van der Waals surface area contributed by atoms with Gasteiger partial charge in [0.2, 0.25) is 5.91 Å². The fraction of sp³-hybridized carbons (Fsp3) is 0.238. The van der Waals surface area contributed by atoms with Crippen molar-refractivity contribution < 1.29 is 14.3 Å². The minimum atomic E-state index is -0.241. The summed E-state index contributed by atoms with van der Waals surface area (Å²) in [7, 11) is 0. The van der Waals surface area contributed by atoms with Crippen LogP contribution in [0.5, 0.6) is 11.5 Å². The van der Waals surface area contributed by atoms with E-state index in [4.69, 9.17) is 9.47 Å².